The van der Waals surface area contributed by atoms with E-state index in [4.69, 9.17) is 0 Å². The van der Waals surface area contributed by atoms with E-state index < -0.39 is 5.75 Å². The molecule has 0 amide bonds. The van der Waals surface area contributed by atoms with Gasteiger partial charge in [-0.3, -0.25) is 4.68 Å². The molecule has 0 bridgehead atoms. The molecule has 19 heavy (non-hydrogen) atoms. The maximum Gasteiger partial charge on any atom is 0.200 e. The summed E-state index contributed by atoms with van der Waals surface area (Å²) in [7, 11) is 1.89. The van der Waals surface area contributed by atoms with Crippen LogP contribution in [0.2, 0.25) is 0 Å². The SMILES string of the molecule is Cn1nccc1CCNCc1ccc(O)c(O)c1O. The number of aromatic hydroxyl groups is 3. The fourth-order valence-electron chi connectivity index (χ4n) is 1.84. The number of phenols is 3. The minimum Gasteiger partial charge on any atom is -0.504 e. The van der Waals surface area contributed by atoms with Gasteiger partial charge in [0.1, 0.15) is 0 Å². The molecule has 1 aromatic carbocycles. The quantitative estimate of drug-likeness (QED) is 0.474. The van der Waals surface area contributed by atoms with Gasteiger partial charge in [-0.1, -0.05) is 6.07 Å². The van der Waals surface area contributed by atoms with E-state index in [9.17, 15) is 15.3 Å². The summed E-state index contributed by atoms with van der Waals surface area (Å²) in [5, 5.41) is 35.5. The van der Waals surface area contributed by atoms with Gasteiger partial charge in [-0.2, -0.15) is 5.10 Å². The van der Waals surface area contributed by atoms with Gasteiger partial charge in [0.15, 0.2) is 11.5 Å². The molecule has 4 N–H and O–H groups in total. The summed E-state index contributed by atoms with van der Waals surface area (Å²) >= 11 is 0. The van der Waals surface area contributed by atoms with E-state index in [0.717, 1.165) is 18.7 Å². The van der Waals surface area contributed by atoms with Crippen LogP contribution in [-0.2, 0) is 20.0 Å². The third kappa shape index (κ3) is 2.97. The standard InChI is InChI=1S/C13H17N3O3/c1-16-10(5-7-15-16)4-6-14-8-9-2-3-11(17)13(19)12(9)18/h2-3,5,7,14,17-19H,4,6,8H2,1H3. The lowest BCUT2D eigenvalue weighted by molar-refractivity contribution is 0.364. The molecule has 0 aliphatic rings. The summed E-state index contributed by atoms with van der Waals surface area (Å²) in [5.41, 5.74) is 1.66. The van der Waals surface area contributed by atoms with E-state index in [-0.39, 0.29) is 11.5 Å². The van der Waals surface area contributed by atoms with Gasteiger partial charge in [-0.25, -0.2) is 0 Å². The number of hydrogen-bond acceptors (Lipinski definition) is 5. The lowest BCUT2D eigenvalue weighted by Crippen LogP contribution is -2.18. The molecule has 0 spiro atoms. The van der Waals surface area contributed by atoms with Gasteiger partial charge in [0.05, 0.1) is 0 Å². The molecule has 0 atom stereocenters. The normalized spacial score (nSPS) is 10.8. The zero-order valence-corrected chi connectivity index (χ0v) is 10.7. The molecule has 0 aliphatic heterocycles. The van der Waals surface area contributed by atoms with Crippen molar-refractivity contribution in [1.29, 1.82) is 0 Å². The van der Waals surface area contributed by atoms with Gasteiger partial charge in [-0.15, -0.1) is 0 Å². The van der Waals surface area contributed by atoms with Crippen LogP contribution in [0.4, 0.5) is 0 Å². The molecule has 0 saturated carbocycles. The second kappa shape index (κ2) is 5.62. The van der Waals surface area contributed by atoms with Crippen LogP contribution in [0, 0.1) is 0 Å². The highest BCUT2D eigenvalue weighted by Crippen LogP contribution is 2.36. The summed E-state index contributed by atoms with van der Waals surface area (Å²) in [6.45, 7) is 1.14. The summed E-state index contributed by atoms with van der Waals surface area (Å²) in [5.74, 6) is -1.09. The van der Waals surface area contributed by atoms with Crippen molar-refractivity contribution in [1.82, 2.24) is 15.1 Å². The Labute approximate surface area is 110 Å². The second-order valence-corrected chi connectivity index (χ2v) is 4.31. The second-order valence-electron chi connectivity index (χ2n) is 4.31. The summed E-state index contributed by atoms with van der Waals surface area (Å²) < 4.78 is 1.81. The molecule has 6 heteroatoms. The smallest absolute Gasteiger partial charge is 0.200 e. The summed E-state index contributed by atoms with van der Waals surface area (Å²) in [4.78, 5) is 0. The van der Waals surface area contributed by atoms with E-state index in [0.29, 0.717) is 12.1 Å². The highest BCUT2D eigenvalue weighted by Gasteiger charge is 2.10. The molecule has 1 heterocycles. The molecule has 1 aromatic heterocycles. The molecular weight excluding hydrogens is 246 g/mol. The fourth-order valence-corrected chi connectivity index (χ4v) is 1.84. The maximum absolute atomic E-state index is 9.64. The van der Waals surface area contributed by atoms with Crippen molar-refractivity contribution in [2.24, 2.45) is 7.05 Å². The monoisotopic (exact) mass is 263 g/mol. The van der Waals surface area contributed by atoms with Crippen molar-refractivity contribution in [3.05, 3.63) is 35.7 Å². The molecule has 0 fully saturated rings. The lowest BCUT2D eigenvalue weighted by atomic mass is 10.1. The lowest BCUT2D eigenvalue weighted by Gasteiger charge is -2.09. The van der Waals surface area contributed by atoms with Crippen LogP contribution in [0.1, 0.15) is 11.3 Å². The molecule has 0 saturated heterocycles. The van der Waals surface area contributed by atoms with Crippen LogP contribution >= 0.6 is 0 Å². The van der Waals surface area contributed by atoms with Gasteiger partial charge in [0.25, 0.3) is 0 Å². The average Bonchev–Trinajstić information content (AvgIpc) is 2.80. The number of hydrogen-bond donors (Lipinski definition) is 4. The largest absolute Gasteiger partial charge is 0.504 e. The molecule has 0 unspecified atom stereocenters. The highest BCUT2D eigenvalue weighted by atomic mass is 16.3. The topological polar surface area (TPSA) is 90.5 Å². The number of nitrogens with zero attached hydrogens (tertiary/aromatic N) is 2. The van der Waals surface area contributed by atoms with Crippen LogP contribution in [0.25, 0.3) is 0 Å². The van der Waals surface area contributed by atoms with Gasteiger partial charge < -0.3 is 20.6 Å². The Morgan fingerprint density at radius 3 is 2.63 bits per heavy atom. The maximum atomic E-state index is 9.64. The number of nitrogens with one attached hydrogen (secondary N) is 1. The first-order valence-electron chi connectivity index (χ1n) is 6.00. The predicted octanol–water partition coefficient (Wildman–Crippen LogP) is 0.869. The Morgan fingerprint density at radius 2 is 1.95 bits per heavy atom. The molecule has 102 valence electrons. The fraction of sp³-hybridized carbons (Fsp3) is 0.308. The van der Waals surface area contributed by atoms with E-state index in [1.54, 1.807) is 12.3 Å². The Kier molecular flexibility index (Phi) is 3.91. The van der Waals surface area contributed by atoms with Crippen LogP contribution in [0.15, 0.2) is 24.4 Å². The average molecular weight is 263 g/mol. The molecular formula is C13H17N3O3. The summed E-state index contributed by atoms with van der Waals surface area (Å²) in [6, 6.07) is 4.88. The van der Waals surface area contributed by atoms with Crippen LogP contribution in [-0.4, -0.2) is 31.6 Å². The Balaban J connectivity index is 1.86. The van der Waals surface area contributed by atoms with Crippen molar-refractivity contribution >= 4 is 0 Å². The molecule has 2 aromatic rings. The highest BCUT2D eigenvalue weighted by molar-refractivity contribution is 5.52. The molecule has 6 nitrogen and oxygen atoms in total. The first-order chi connectivity index (χ1) is 9.09. The van der Waals surface area contributed by atoms with E-state index in [2.05, 4.69) is 10.4 Å². The van der Waals surface area contributed by atoms with Gasteiger partial charge in [-0.05, 0) is 12.1 Å². The van der Waals surface area contributed by atoms with E-state index in [1.165, 1.54) is 6.07 Å². The third-order valence-electron chi connectivity index (χ3n) is 3.01. The molecule has 0 radical (unpaired) electrons. The molecule has 0 aliphatic carbocycles. The molecule has 2 rings (SSSR count). The minimum atomic E-state index is -0.481. The van der Waals surface area contributed by atoms with Crippen LogP contribution < -0.4 is 5.32 Å². The summed E-state index contributed by atoms with van der Waals surface area (Å²) in [6.07, 6.45) is 2.57. The zero-order valence-electron chi connectivity index (χ0n) is 10.7. The minimum absolute atomic E-state index is 0.284. The first kappa shape index (κ1) is 13.2. The third-order valence-corrected chi connectivity index (χ3v) is 3.01. The number of aromatic nitrogens is 2. The van der Waals surface area contributed by atoms with Crippen LogP contribution in [0.3, 0.4) is 0 Å². The van der Waals surface area contributed by atoms with Gasteiger partial charge >= 0.3 is 0 Å². The number of rotatable bonds is 5. The Bertz CT molecular complexity index is 566. The van der Waals surface area contributed by atoms with Crippen LogP contribution in [0.5, 0.6) is 17.2 Å². The van der Waals surface area contributed by atoms with Crippen molar-refractivity contribution in [2.45, 2.75) is 13.0 Å². The number of benzene rings is 1. The van der Waals surface area contributed by atoms with E-state index in [1.807, 2.05) is 17.8 Å². The van der Waals surface area contributed by atoms with Gasteiger partial charge in [0.2, 0.25) is 5.75 Å². The van der Waals surface area contributed by atoms with E-state index >= 15 is 0 Å². The predicted molar refractivity (Wildman–Crippen MR) is 70.1 cm³/mol. The zero-order chi connectivity index (χ0) is 13.8. The van der Waals surface area contributed by atoms with Crippen molar-refractivity contribution < 1.29 is 15.3 Å². The van der Waals surface area contributed by atoms with Crippen molar-refractivity contribution in [3.8, 4) is 17.2 Å². The number of phenolic OH excluding ortho intramolecular Hbond substituents is 3. The van der Waals surface area contributed by atoms with Gasteiger partial charge in [0, 0.05) is 44.0 Å². The van der Waals surface area contributed by atoms with Crippen molar-refractivity contribution in [3.63, 3.8) is 0 Å². The Hall–Kier alpha value is -2.21. The number of aryl methyl sites for hydroxylation is 1. The Morgan fingerprint density at radius 1 is 1.16 bits per heavy atom. The first-order valence-corrected chi connectivity index (χ1v) is 6.00. The van der Waals surface area contributed by atoms with Crippen molar-refractivity contribution in [2.75, 3.05) is 6.54 Å².